The first-order chi connectivity index (χ1) is 17.1. The van der Waals surface area contributed by atoms with Crippen molar-refractivity contribution in [2.45, 2.75) is 45.7 Å². The smallest absolute Gasteiger partial charge is 0.261 e. The molecule has 0 aliphatic rings. The van der Waals surface area contributed by atoms with E-state index < -0.39 is 23.4 Å². The Balaban J connectivity index is 1.98. The average Bonchev–Trinajstić information content (AvgIpc) is 3.55. The van der Waals surface area contributed by atoms with Gasteiger partial charge in [0.15, 0.2) is 6.04 Å². The fourth-order valence-electron chi connectivity index (χ4n) is 3.39. The molecule has 2 heterocycles. The monoisotopic (exact) mass is 510 g/mol. The molecule has 0 fully saturated rings. The lowest BCUT2D eigenvalue weighted by Gasteiger charge is -2.33. The zero-order valence-electron chi connectivity index (χ0n) is 20.7. The SMILES string of the molecule is CCC(C)(C)NC(=O)[C@H](c1ccco1)N(C(=O)CNC(=O)c1cccs1)c1ccc(NC(C)=O)cc1. The van der Waals surface area contributed by atoms with Gasteiger partial charge in [-0.05, 0) is 68.1 Å². The lowest BCUT2D eigenvalue weighted by Crippen LogP contribution is -2.52. The molecule has 10 heteroatoms. The van der Waals surface area contributed by atoms with E-state index in [1.165, 1.54) is 29.4 Å². The maximum atomic E-state index is 13.6. The number of carbonyl (C=O) groups excluding carboxylic acids is 4. The van der Waals surface area contributed by atoms with E-state index in [2.05, 4.69) is 16.0 Å². The van der Waals surface area contributed by atoms with Crippen LogP contribution in [0.2, 0.25) is 0 Å². The molecule has 2 aromatic heterocycles. The van der Waals surface area contributed by atoms with Crippen LogP contribution < -0.4 is 20.9 Å². The van der Waals surface area contributed by atoms with E-state index in [1.807, 2.05) is 20.8 Å². The zero-order chi connectivity index (χ0) is 26.3. The minimum atomic E-state index is -1.14. The third-order valence-corrected chi connectivity index (χ3v) is 6.41. The van der Waals surface area contributed by atoms with Crippen LogP contribution in [0.1, 0.15) is 55.6 Å². The summed E-state index contributed by atoms with van der Waals surface area (Å²) in [5.41, 5.74) is 0.403. The standard InChI is InChI=1S/C26H30N4O5S/c1-5-26(3,4)29-25(34)23(20-8-6-14-35-20)30(19-12-10-18(11-13-19)28-17(2)31)22(32)16-27-24(33)21-9-7-15-36-21/h6-15,23H,5,16H2,1-4H3,(H,27,33)(H,28,31)(H,29,34)/t23-/m0/s1. The molecule has 1 atom stereocenters. The van der Waals surface area contributed by atoms with E-state index >= 15 is 0 Å². The third-order valence-electron chi connectivity index (χ3n) is 5.54. The fourth-order valence-corrected chi connectivity index (χ4v) is 4.03. The molecule has 0 spiro atoms. The van der Waals surface area contributed by atoms with Gasteiger partial charge in [-0.25, -0.2) is 0 Å². The van der Waals surface area contributed by atoms with Gasteiger partial charge in [-0.1, -0.05) is 13.0 Å². The van der Waals surface area contributed by atoms with Gasteiger partial charge in [-0.3, -0.25) is 24.1 Å². The van der Waals surface area contributed by atoms with Crippen molar-refractivity contribution in [2.24, 2.45) is 0 Å². The summed E-state index contributed by atoms with van der Waals surface area (Å²) < 4.78 is 5.58. The van der Waals surface area contributed by atoms with E-state index in [9.17, 15) is 19.2 Å². The minimum Gasteiger partial charge on any atom is -0.467 e. The van der Waals surface area contributed by atoms with Crippen LogP contribution in [0.4, 0.5) is 11.4 Å². The first kappa shape index (κ1) is 26.7. The number of hydrogen-bond donors (Lipinski definition) is 3. The Hall–Kier alpha value is -3.92. The summed E-state index contributed by atoms with van der Waals surface area (Å²) in [4.78, 5) is 52.8. The molecule has 3 aromatic rings. The molecular weight excluding hydrogens is 480 g/mol. The predicted molar refractivity (Wildman–Crippen MR) is 139 cm³/mol. The van der Waals surface area contributed by atoms with Crippen molar-refractivity contribution >= 4 is 46.3 Å². The molecule has 0 aliphatic heterocycles. The van der Waals surface area contributed by atoms with Gasteiger partial charge < -0.3 is 20.4 Å². The van der Waals surface area contributed by atoms with Crippen molar-refractivity contribution < 1.29 is 23.6 Å². The highest BCUT2D eigenvalue weighted by atomic mass is 32.1. The Morgan fingerprint density at radius 2 is 1.78 bits per heavy atom. The van der Waals surface area contributed by atoms with Crippen molar-refractivity contribution in [3.05, 3.63) is 70.8 Å². The first-order valence-electron chi connectivity index (χ1n) is 11.5. The number of anilines is 2. The number of amides is 4. The second kappa shape index (κ2) is 11.7. The molecule has 0 unspecified atom stereocenters. The molecule has 190 valence electrons. The molecular formula is C26H30N4O5S. The Kier molecular flexibility index (Phi) is 8.65. The largest absolute Gasteiger partial charge is 0.467 e. The van der Waals surface area contributed by atoms with Crippen LogP contribution in [0.3, 0.4) is 0 Å². The summed E-state index contributed by atoms with van der Waals surface area (Å²) in [7, 11) is 0. The number of thiophene rings is 1. The number of carbonyl (C=O) groups is 4. The van der Waals surface area contributed by atoms with Gasteiger partial charge in [0.25, 0.3) is 11.8 Å². The van der Waals surface area contributed by atoms with Crippen molar-refractivity contribution in [3.63, 3.8) is 0 Å². The summed E-state index contributed by atoms with van der Waals surface area (Å²) in [6.07, 6.45) is 2.10. The molecule has 0 saturated heterocycles. The summed E-state index contributed by atoms with van der Waals surface area (Å²) in [5, 5.41) is 10.1. The van der Waals surface area contributed by atoms with Gasteiger partial charge >= 0.3 is 0 Å². The normalized spacial score (nSPS) is 11.9. The van der Waals surface area contributed by atoms with E-state index in [1.54, 1.807) is 53.9 Å². The van der Waals surface area contributed by atoms with Gasteiger partial charge in [0.05, 0.1) is 17.7 Å². The Morgan fingerprint density at radius 1 is 1.06 bits per heavy atom. The average molecular weight is 511 g/mol. The zero-order valence-corrected chi connectivity index (χ0v) is 21.5. The number of furan rings is 1. The molecule has 0 radical (unpaired) electrons. The minimum absolute atomic E-state index is 0.235. The Labute approximate surface area is 213 Å². The second-order valence-electron chi connectivity index (χ2n) is 8.80. The van der Waals surface area contributed by atoms with Crippen molar-refractivity contribution in [1.82, 2.24) is 10.6 Å². The highest BCUT2D eigenvalue weighted by molar-refractivity contribution is 7.12. The number of nitrogens with one attached hydrogen (secondary N) is 3. The van der Waals surface area contributed by atoms with Gasteiger partial charge in [0.1, 0.15) is 5.76 Å². The van der Waals surface area contributed by atoms with Gasteiger partial charge in [-0.2, -0.15) is 0 Å². The maximum Gasteiger partial charge on any atom is 0.261 e. The molecule has 1 aromatic carbocycles. The first-order valence-corrected chi connectivity index (χ1v) is 12.4. The summed E-state index contributed by atoms with van der Waals surface area (Å²) in [6.45, 7) is 6.78. The summed E-state index contributed by atoms with van der Waals surface area (Å²) in [5.74, 6) is -1.30. The number of rotatable bonds is 10. The van der Waals surface area contributed by atoms with Crippen molar-refractivity contribution in [2.75, 3.05) is 16.8 Å². The lowest BCUT2D eigenvalue weighted by atomic mass is 10.0. The molecule has 3 rings (SSSR count). The highest BCUT2D eigenvalue weighted by Crippen LogP contribution is 2.30. The van der Waals surface area contributed by atoms with Crippen LogP contribution in [0.5, 0.6) is 0 Å². The Bertz CT molecular complexity index is 1190. The molecule has 3 N–H and O–H groups in total. The highest BCUT2D eigenvalue weighted by Gasteiger charge is 2.36. The topological polar surface area (TPSA) is 121 Å². The lowest BCUT2D eigenvalue weighted by molar-refractivity contribution is -0.128. The molecule has 9 nitrogen and oxygen atoms in total. The van der Waals surface area contributed by atoms with E-state index in [0.717, 1.165) is 0 Å². The summed E-state index contributed by atoms with van der Waals surface area (Å²) >= 11 is 1.26. The maximum absolute atomic E-state index is 13.6. The molecule has 0 bridgehead atoms. The van der Waals surface area contributed by atoms with Crippen molar-refractivity contribution in [1.29, 1.82) is 0 Å². The quantitative estimate of drug-likeness (QED) is 0.379. The number of hydrogen-bond acceptors (Lipinski definition) is 6. The molecule has 0 saturated carbocycles. The van der Waals surface area contributed by atoms with E-state index in [-0.39, 0.29) is 24.1 Å². The third kappa shape index (κ3) is 6.82. The number of nitrogens with zero attached hydrogens (tertiary/aromatic N) is 1. The van der Waals surface area contributed by atoms with Crippen LogP contribution in [-0.4, -0.2) is 35.7 Å². The van der Waals surface area contributed by atoms with Gasteiger partial charge in [0.2, 0.25) is 11.8 Å². The van der Waals surface area contributed by atoms with Crippen LogP contribution in [0.15, 0.2) is 64.6 Å². The van der Waals surface area contributed by atoms with Crippen LogP contribution in [0.25, 0.3) is 0 Å². The second-order valence-corrected chi connectivity index (χ2v) is 9.74. The number of benzene rings is 1. The van der Waals surface area contributed by atoms with Gasteiger partial charge in [0, 0.05) is 23.8 Å². The fraction of sp³-hybridized carbons (Fsp3) is 0.308. The summed E-state index contributed by atoms with van der Waals surface area (Å²) in [6, 6.07) is 12.1. The molecule has 4 amide bonds. The van der Waals surface area contributed by atoms with Crippen molar-refractivity contribution in [3.8, 4) is 0 Å². The Morgan fingerprint density at radius 3 is 2.33 bits per heavy atom. The van der Waals surface area contributed by atoms with E-state index in [4.69, 9.17) is 4.42 Å². The van der Waals surface area contributed by atoms with E-state index in [0.29, 0.717) is 22.7 Å². The van der Waals surface area contributed by atoms with Crippen LogP contribution in [-0.2, 0) is 14.4 Å². The van der Waals surface area contributed by atoms with Crippen LogP contribution in [0, 0.1) is 0 Å². The van der Waals surface area contributed by atoms with Gasteiger partial charge in [-0.15, -0.1) is 11.3 Å². The molecule has 36 heavy (non-hydrogen) atoms. The molecule has 0 aliphatic carbocycles. The van der Waals surface area contributed by atoms with Crippen LogP contribution >= 0.6 is 11.3 Å². The predicted octanol–water partition coefficient (Wildman–Crippen LogP) is 4.11.